The van der Waals surface area contributed by atoms with Crippen molar-refractivity contribution in [2.24, 2.45) is 0 Å². The van der Waals surface area contributed by atoms with Crippen LogP contribution in [0.2, 0.25) is 0 Å². The van der Waals surface area contributed by atoms with Gasteiger partial charge in [0.1, 0.15) is 24.0 Å². The molecule has 0 amide bonds. The van der Waals surface area contributed by atoms with Crippen molar-refractivity contribution in [3.05, 3.63) is 203 Å². The minimum absolute atomic E-state index is 0.0134. The Labute approximate surface area is 416 Å². The van der Waals surface area contributed by atoms with Gasteiger partial charge in [0.2, 0.25) is 0 Å². The van der Waals surface area contributed by atoms with Crippen molar-refractivity contribution in [3.63, 3.8) is 0 Å². The van der Waals surface area contributed by atoms with E-state index in [1.165, 1.54) is 72.5 Å². The van der Waals surface area contributed by atoms with Crippen molar-refractivity contribution >= 4 is 44.6 Å². The highest BCUT2D eigenvalue weighted by Crippen LogP contribution is 2.49. The highest BCUT2D eigenvalue weighted by molar-refractivity contribution is 6.10. The normalized spacial score (nSPS) is 13.4. The standard InChI is InChI=1S/C65H68N4O/c1-42-30-59-60(31-43(42)2)68(41-67(59)51-34-48(63(6,7)8)33-49(35-51)64(9,10)11)52-36-50(65(12,13)46-22-18-15-19-23-46)37-54(39-52)70-53-25-26-55-56-32-45(44-20-16-14-17-21-44)24-27-57(56)69(58(55)40-53)61-38-47(28-29-66-61)62(3,4)5/h14-40H,41H2,1-13H3. The third kappa shape index (κ3) is 8.65. The van der Waals surface area contributed by atoms with Gasteiger partial charge < -0.3 is 14.5 Å². The van der Waals surface area contributed by atoms with Crippen molar-refractivity contribution < 1.29 is 4.74 Å². The quantitative estimate of drug-likeness (QED) is 0.152. The third-order valence-electron chi connectivity index (χ3n) is 14.8. The van der Waals surface area contributed by atoms with E-state index in [-0.39, 0.29) is 21.7 Å². The van der Waals surface area contributed by atoms with Gasteiger partial charge in [-0.3, -0.25) is 4.57 Å². The van der Waals surface area contributed by atoms with E-state index in [9.17, 15) is 0 Å². The first kappa shape index (κ1) is 46.6. The summed E-state index contributed by atoms with van der Waals surface area (Å²) in [6, 6.07) is 58.0. The Bertz CT molecular complexity index is 3400. The van der Waals surface area contributed by atoms with Crippen LogP contribution in [0, 0.1) is 13.8 Å². The molecule has 0 saturated heterocycles. The van der Waals surface area contributed by atoms with Gasteiger partial charge in [-0.1, -0.05) is 149 Å². The summed E-state index contributed by atoms with van der Waals surface area (Å²) in [6.07, 6.45) is 1.94. The topological polar surface area (TPSA) is 33.5 Å². The molecule has 1 aliphatic rings. The van der Waals surface area contributed by atoms with E-state index in [1.807, 2.05) is 6.20 Å². The maximum Gasteiger partial charge on any atom is 0.137 e. The lowest BCUT2D eigenvalue weighted by molar-refractivity contribution is 0.480. The second-order valence-electron chi connectivity index (χ2n) is 23.3. The summed E-state index contributed by atoms with van der Waals surface area (Å²) in [7, 11) is 0. The Kier molecular flexibility index (Phi) is 11.4. The molecule has 70 heavy (non-hydrogen) atoms. The molecule has 0 bridgehead atoms. The monoisotopic (exact) mass is 921 g/mol. The molecule has 2 aromatic heterocycles. The zero-order valence-corrected chi connectivity index (χ0v) is 43.5. The van der Waals surface area contributed by atoms with Crippen LogP contribution in [0.15, 0.2) is 164 Å². The number of nitrogens with zero attached hydrogens (tertiary/aromatic N) is 4. The van der Waals surface area contributed by atoms with E-state index in [0.717, 1.165) is 39.4 Å². The lowest BCUT2D eigenvalue weighted by Gasteiger charge is -2.30. The van der Waals surface area contributed by atoms with Crippen LogP contribution in [0.5, 0.6) is 11.5 Å². The van der Waals surface area contributed by atoms with Crippen LogP contribution in [0.4, 0.5) is 22.7 Å². The van der Waals surface area contributed by atoms with Crippen LogP contribution in [0.25, 0.3) is 38.8 Å². The average Bonchev–Trinajstić information content (AvgIpc) is 3.85. The molecule has 0 aliphatic carbocycles. The molecule has 5 heteroatoms. The predicted molar refractivity (Wildman–Crippen MR) is 297 cm³/mol. The molecule has 1 aliphatic heterocycles. The van der Waals surface area contributed by atoms with Crippen molar-refractivity contribution in [1.29, 1.82) is 0 Å². The first-order valence-corrected chi connectivity index (χ1v) is 25.0. The summed E-state index contributed by atoms with van der Waals surface area (Å²) in [5.74, 6) is 2.43. The molecule has 354 valence electrons. The smallest absolute Gasteiger partial charge is 0.137 e. The fourth-order valence-electron chi connectivity index (χ4n) is 10.0. The minimum Gasteiger partial charge on any atom is -0.457 e. The van der Waals surface area contributed by atoms with E-state index in [1.54, 1.807) is 0 Å². The molecule has 10 rings (SSSR count). The van der Waals surface area contributed by atoms with Crippen molar-refractivity contribution in [2.75, 3.05) is 16.5 Å². The number of benzene rings is 7. The van der Waals surface area contributed by atoms with Gasteiger partial charge in [0, 0.05) is 45.9 Å². The first-order chi connectivity index (χ1) is 33.1. The molecular formula is C65H68N4O. The molecule has 0 N–H and O–H groups in total. The number of hydrogen-bond acceptors (Lipinski definition) is 4. The fourth-order valence-corrected chi connectivity index (χ4v) is 10.0. The molecule has 0 radical (unpaired) electrons. The fraction of sp³-hybridized carbons (Fsp3) is 0.277. The molecule has 9 aromatic rings. The third-order valence-corrected chi connectivity index (χ3v) is 14.8. The van der Waals surface area contributed by atoms with Crippen LogP contribution in [0.1, 0.15) is 115 Å². The number of anilines is 4. The molecule has 0 fully saturated rings. The maximum atomic E-state index is 7.19. The number of hydrogen-bond donors (Lipinski definition) is 0. The van der Waals surface area contributed by atoms with Gasteiger partial charge in [-0.25, -0.2) is 4.98 Å². The molecule has 5 nitrogen and oxygen atoms in total. The summed E-state index contributed by atoms with van der Waals surface area (Å²) >= 11 is 0. The van der Waals surface area contributed by atoms with Crippen LogP contribution >= 0.6 is 0 Å². The number of ether oxygens (including phenoxy) is 1. The number of fused-ring (bicyclic) bond motifs is 4. The van der Waals surface area contributed by atoms with Crippen molar-refractivity contribution in [3.8, 4) is 28.4 Å². The molecular weight excluding hydrogens is 853 g/mol. The number of aromatic nitrogens is 2. The summed E-state index contributed by atoms with van der Waals surface area (Å²) in [5.41, 5.74) is 17.7. The van der Waals surface area contributed by atoms with Gasteiger partial charge in [0.15, 0.2) is 0 Å². The van der Waals surface area contributed by atoms with Gasteiger partial charge in [0.25, 0.3) is 0 Å². The van der Waals surface area contributed by atoms with E-state index in [4.69, 9.17) is 9.72 Å². The average molecular weight is 921 g/mol. The van der Waals surface area contributed by atoms with Gasteiger partial charge in [0.05, 0.1) is 22.4 Å². The molecule has 3 heterocycles. The zero-order chi connectivity index (χ0) is 49.5. The van der Waals surface area contributed by atoms with E-state index in [2.05, 4.69) is 262 Å². The highest BCUT2D eigenvalue weighted by Gasteiger charge is 2.33. The van der Waals surface area contributed by atoms with Gasteiger partial charge in [-0.05, 0) is 153 Å². The molecule has 0 spiro atoms. The summed E-state index contributed by atoms with van der Waals surface area (Å²) in [6.45, 7) is 30.4. The number of pyridine rings is 1. The van der Waals surface area contributed by atoms with Gasteiger partial charge in [-0.2, -0.15) is 0 Å². The Morgan fingerprint density at radius 2 is 1.01 bits per heavy atom. The maximum absolute atomic E-state index is 7.19. The molecule has 0 atom stereocenters. The molecule has 0 unspecified atom stereocenters. The summed E-state index contributed by atoms with van der Waals surface area (Å²) < 4.78 is 9.50. The van der Waals surface area contributed by atoms with Crippen LogP contribution in [-0.2, 0) is 21.7 Å². The Morgan fingerprint density at radius 3 is 1.63 bits per heavy atom. The van der Waals surface area contributed by atoms with Crippen molar-refractivity contribution in [2.45, 2.75) is 112 Å². The van der Waals surface area contributed by atoms with Crippen LogP contribution in [-0.4, -0.2) is 16.2 Å². The van der Waals surface area contributed by atoms with Crippen molar-refractivity contribution in [1.82, 2.24) is 9.55 Å². The highest BCUT2D eigenvalue weighted by atomic mass is 16.5. The van der Waals surface area contributed by atoms with Gasteiger partial charge in [-0.15, -0.1) is 0 Å². The Balaban J connectivity index is 1.13. The largest absolute Gasteiger partial charge is 0.457 e. The van der Waals surface area contributed by atoms with Crippen LogP contribution < -0.4 is 14.5 Å². The van der Waals surface area contributed by atoms with E-state index < -0.39 is 0 Å². The summed E-state index contributed by atoms with van der Waals surface area (Å²) in [4.78, 5) is 10.0. The lowest BCUT2D eigenvalue weighted by atomic mass is 9.78. The number of aryl methyl sites for hydroxylation is 2. The summed E-state index contributed by atoms with van der Waals surface area (Å²) in [5, 5.41) is 2.32. The number of rotatable bonds is 8. The lowest BCUT2D eigenvalue weighted by Crippen LogP contribution is -2.26. The minimum atomic E-state index is -0.333. The Morgan fingerprint density at radius 1 is 0.429 bits per heavy atom. The second-order valence-corrected chi connectivity index (χ2v) is 23.3. The first-order valence-electron chi connectivity index (χ1n) is 25.0. The second kappa shape index (κ2) is 17.1. The predicted octanol–water partition coefficient (Wildman–Crippen LogP) is 17.7. The molecule has 0 saturated carbocycles. The van der Waals surface area contributed by atoms with Gasteiger partial charge >= 0.3 is 0 Å². The Hall–Kier alpha value is -7.11. The SMILES string of the molecule is Cc1cc2c(cc1C)N(c1cc(Oc3ccc4c5cc(-c6ccccc6)ccc5n(-c5cc(C(C)(C)C)ccn5)c4c3)cc(C(C)(C)c3ccccc3)c1)CN2c1cc(C(C)(C)C)cc(C(C)(C)C)c1. The zero-order valence-electron chi connectivity index (χ0n) is 43.5. The van der Waals surface area contributed by atoms with E-state index >= 15 is 0 Å². The molecule has 7 aromatic carbocycles. The van der Waals surface area contributed by atoms with Crippen LogP contribution in [0.3, 0.4) is 0 Å². The van der Waals surface area contributed by atoms with E-state index in [0.29, 0.717) is 6.67 Å².